The number of rotatable bonds is 9. The monoisotopic (exact) mass is 289 g/mol. The van der Waals surface area contributed by atoms with Crippen LogP contribution in [0.1, 0.15) is 33.1 Å². The van der Waals surface area contributed by atoms with Gasteiger partial charge < -0.3 is 24.6 Å². The topological polar surface area (TPSA) is 79.2 Å². The number of aliphatic carboxylic acids is 1. The van der Waals surface area contributed by atoms with Gasteiger partial charge in [-0.2, -0.15) is 0 Å². The van der Waals surface area contributed by atoms with Crippen LogP contribution in [0, 0.1) is 0 Å². The highest BCUT2D eigenvalue weighted by atomic mass is 16.5. The molecule has 1 saturated heterocycles. The van der Waals surface area contributed by atoms with Gasteiger partial charge >= 0.3 is 5.97 Å². The van der Waals surface area contributed by atoms with E-state index in [9.17, 15) is 9.90 Å². The Kier molecular flexibility index (Phi) is 8.06. The molecule has 0 aromatic carbocycles. The second-order valence-corrected chi connectivity index (χ2v) is 5.55. The molecule has 0 aliphatic carbocycles. The lowest BCUT2D eigenvalue weighted by Gasteiger charge is -2.33. The molecule has 118 valence electrons. The zero-order valence-electron chi connectivity index (χ0n) is 12.5. The maximum Gasteiger partial charge on any atom is 0.305 e. The molecule has 1 heterocycles. The van der Waals surface area contributed by atoms with E-state index < -0.39 is 12.1 Å². The summed E-state index contributed by atoms with van der Waals surface area (Å²) in [6.45, 7) is 6.92. The van der Waals surface area contributed by atoms with E-state index in [1.165, 1.54) is 0 Å². The summed E-state index contributed by atoms with van der Waals surface area (Å²) < 4.78 is 10.9. The van der Waals surface area contributed by atoms with Crippen LogP contribution in [0.15, 0.2) is 0 Å². The molecule has 0 amide bonds. The first kappa shape index (κ1) is 17.4. The van der Waals surface area contributed by atoms with Crippen LogP contribution in [0.25, 0.3) is 0 Å². The first-order valence-electron chi connectivity index (χ1n) is 7.32. The third kappa shape index (κ3) is 7.79. The normalized spacial score (nSPS) is 19.4. The summed E-state index contributed by atoms with van der Waals surface area (Å²) in [5, 5.41) is 18.4. The summed E-state index contributed by atoms with van der Waals surface area (Å²) in [4.78, 5) is 12.6. The van der Waals surface area contributed by atoms with Gasteiger partial charge in [0.1, 0.15) is 0 Å². The van der Waals surface area contributed by atoms with Gasteiger partial charge in [0.2, 0.25) is 0 Å². The van der Waals surface area contributed by atoms with Gasteiger partial charge in [-0.25, -0.2) is 0 Å². The van der Waals surface area contributed by atoms with Gasteiger partial charge in [0, 0.05) is 19.6 Å². The largest absolute Gasteiger partial charge is 0.481 e. The zero-order valence-corrected chi connectivity index (χ0v) is 12.5. The lowest BCUT2D eigenvalue weighted by molar-refractivity contribution is -0.138. The number of carbonyl (C=O) groups is 1. The van der Waals surface area contributed by atoms with Crippen LogP contribution in [-0.2, 0) is 14.3 Å². The Hall–Kier alpha value is -0.690. The van der Waals surface area contributed by atoms with Crippen LogP contribution in [0.4, 0.5) is 0 Å². The summed E-state index contributed by atoms with van der Waals surface area (Å²) in [6, 6.07) is 0. The molecule has 0 radical (unpaired) electrons. The molecule has 0 aromatic rings. The molecule has 1 aliphatic heterocycles. The molecule has 0 saturated carbocycles. The Morgan fingerprint density at radius 2 is 2.00 bits per heavy atom. The van der Waals surface area contributed by atoms with E-state index in [-0.39, 0.29) is 25.2 Å². The molecule has 0 bridgehead atoms. The molecule has 1 aliphatic rings. The van der Waals surface area contributed by atoms with Crippen molar-refractivity contribution >= 4 is 5.97 Å². The van der Waals surface area contributed by atoms with Crippen LogP contribution in [0.5, 0.6) is 0 Å². The van der Waals surface area contributed by atoms with Crippen molar-refractivity contribution in [2.75, 3.05) is 32.8 Å². The molecule has 2 N–H and O–H groups in total. The number of aliphatic hydroxyl groups excluding tert-OH is 1. The molecule has 0 spiro atoms. The van der Waals surface area contributed by atoms with Gasteiger partial charge in [0.05, 0.1) is 37.9 Å². The van der Waals surface area contributed by atoms with Crippen molar-refractivity contribution in [3.8, 4) is 0 Å². The molecule has 0 aromatic heterocycles. The number of hydrogen-bond acceptors (Lipinski definition) is 5. The molecule has 1 unspecified atom stereocenters. The minimum absolute atomic E-state index is 0.0610. The van der Waals surface area contributed by atoms with Crippen LogP contribution < -0.4 is 0 Å². The van der Waals surface area contributed by atoms with Gasteiger partial charge in [0.25, 0.3) is 0 Å². The number of ether oxygens (including phenoxy) is 2. The number of β-amino-alcohol motifs (C(OH)–C–C–N with tert-alkyl or cyclic N) is 1. The molecule has 1 fully saturated rings. The predicted octanol–water partition coefficient (Wildman–Crippen LogP) is 0.728. The number of aliphatic hydroxyl groups is 1. The molecule has 20 heavy (non-hydrogen) atoms. The Labute approximate surface area is 120 Å². The number of piperidine rings is 1. The smallest absolute Gasteiger partial charge is 0.305 e. The van der Waals surface area contributed by atoms with Gasteiger partial charge in [0.15, 0.2) is 0 Å². The number of likely N-dealkylation sites (tertiary alicyclic amines) is 1. The lowest BCUT2D eigenvalue weighted by Crippen LogP contribution is -2.42. The van der Waals surface area contributed by atoms with Gasteiger partial charge in [-0.3, -0.25) is 4.79 Å². The van der Waals surface area contributed by atoms with E-state index in [0.29, 0.717) is 13.2 Å². The Bertz CT molecular complexity index is 277. The summed E-state index contributed by atoms with van der Waals surface area (Å²) in [5.74, 6) is -0.823. The van der Waals surface area contributed by atoms with Gasteiger partial charge in [-0.05, 0) is 26.7 Å². The summed E-state index contributed by atoms with van der Waals surface area (Å²) in [7, 11) is 0. The quantitative estimate of drug-likeness (QED) is 0.651. The first-order valence-corrected chi connectivity index (χ1v) is 7.32. The second-order valence-electron chi connectivity index (χ2n) is 5.55. The standard InChI is InChI=1S/C14H27NO5/c1-11(2)20-10-12(16)9-15-6-3-13(4-7-15)19-8-5-14(17)18/h11-13,16H,3-10H2,1-2H3,(H,17,18). The zero-order chi connectivity index (χ0) is 15.0. The Morgan fingerprint density at radius 3 is 2.55 bits per heavy atom. The molecule has 6 nitrogen and oxygen atoms in total. The van der Waals surface area contributed by atoms with E-state index in [0.717, 1.165) is 25.9 Å². The SMILES string of the molecule is CC(C)OCC(O)CN1CCC(OCCC(=O)O)CC1. The fourth-order valence-corrected chi connectivity index (χ4v) is 2.23. The molecular formula is C14H27NO5. The summed E-state index contributed by atoms with van der Waals surface area (Å²) in [5.41, 5.74) is 0. The number of carboxylic acids is 1. The number of carboxylic acid groups (broad SMARTS) is 1. The highest BCUT2D eigenvalue weighted by Crippen LogP contribution is 2.14. The van der Waals surface area contributed by atoms with Gasteiger partial charge in [-0.1, -0.05) is 0 Å². The molecule has 6 heteroatoms. The van der Waals surface area contributed by atoms with Crippen LogP contribution in [-0.4, -0.2) is 72.2 Å². The maximum absolute atomic E-state index is 10.4. The third-order valence-electron chi connectivity index (χ3n) is 3.29. The minimum atomic E-state index is -0.823. The first-order chi connectivity index (χ1) is 9.47. The fraction of sp³-hybridized carbons (Fsp3) is 0.929. The highest BCUT2D eigenvalue weighted by Gasteiger charge is 2.21. The van der Waals surface area contributed by atoms with Crippen molar-refractivity contribution < 1.29 is 24.5 Å². The molecule has 1 rings (SSSR count). The van der Waals surface area contributed by atoms with Crippen molar-refractivity contribution in [2.45, 2.75) is 51.4 Å². The molecular weight excluding hydrogens is 262 g/mol. The van der Waals surface area contributed by atoms with Crippen molar-refractivity contribution in [1.29, 1.82) is 0 Å². The summed E-state index contributed by atoms with van der Waals surface area (Å²) >= 11 is 0. The Morgan fingerprint density at radius 1 is 1.35 bits per heavy atom. The van der Waals surface area contributed by atoms with E-state index in [1.54, 1.807) is 0 Å². The van der Waals surface area contributed by atoms with Crippen molar-refractivity contribution in [2.24, 2.45) is 0 Å². The average Bonchev–Trinajstić information content (AvgIpc) is 2.38. The summed E-state index contributed by atoms with van der Waals surface area (Å²) in [6.07, 6.45) is 1.66. The molecule has 1 atom stereocenters. The Balaban J connectivity index is 2.10. The highest BCUT2D eigenvalue weighted by molar-refractivity contribution is 5.66. The van der Waals surface area contributed by atoms with Crippen molar-refractivity contribution in [3.05, 3.63) is 0 Å². The van der Waals surface area contributed by atoms with Crippen LogP contribution in [0.2, 0.25) is 0 Å². The van der Waals surface area contributed by atoms with Crippen molar-refractivity contribution in [1.82, 2.24) is 4.90 Å². The third-order valence-corrected chi connectivity index (χ3v) is 3.29. The maximum atomic E-state index is 10.4. The van der Waals surface area contributed by atoms with E-state index in [4.69, 9.17) is 14.6 Å². The predicted molar refractivity (Wildman–Crippen MR) is 74.8 cm³/mol. The van der Waals surface area contributed by atoms with Gasteiger partial charge in [-0.15, -0.1) is 0 Å². The lowest BCUT2D eigenvalue weighted by atomic mass is 10.1. The van der Waals surface area contributed by atoms with E-state index in [2.05, 4.69) is 4.90 Å². The number of hydrogen-bond donors (Lipinski definition) is 2. The number of nitrogens with zero attached hydrogens (tertiary/aromatic N) is 1. The van der Waals surface area contributed by atoms with Crippen LogP contribution >= 0.6 is 0 Å². The van der Waals surface area contributed by atoms with E-state index >= 15 is 0 Å². The van der Waals surface area contributed by atoms with Crippen molar-refractivity contribution in [3.63, 3.8) is 0 Å². The van der Waals surface area contributed by atoms with Crippen LogP contribution in [0.3, 0.4) is 0 Å². The second kappa shape index (κ2) is 9.28. The fourth-order valence-electron chi connectivity index (χ4n) is 2.23. The van der Waals surface area contributed by atoms with E-state index in [1.807, 2.05) is 13.8 Å². The average molecular weight is 289 g/mol. The minimum Gasteiger partial charge on any atom is -0.481 e.